The average molecular weight is 235 g/mol. The highest BCUT2D eigenvalue weighted by molar-refractivity contribution is 5.72. The van der Waals surface area contributed by atoms with E-state index < -0.39 is 0 Å². The second-order valence-electron chi connectivity index (χ2n) is 4.03. The molecule has 0 aliphatic carbocycles. The maximum absolute atomic E-state index is 11.5. The molecule has 0 unspecified atom stereocenters. The van der Waals surface area contributed by atoms with E-state index in [4.69, 9.17) is 4.74 Å². The molecule has 0 bridgehead atoms. The van der Waals surface area contributed by atoms with Crippen molar-refractivity contribution in [1.82, 2.24) is 0 Å². The summed E-state index contributed by atoms with van der Waals surface area (Å²) in [5.41, 5.74) is 0.993. The van der Waals surface area contributed by atoms with Crippen molar-refractivity contribution in [1.29, 1.82) is 0 Å². The zero-order chi connectivity index (χ0) is 12.5. The van der Waals surface area contributed by atoms with Gasteiger partial charge in [0, 0.05) is 24.7 Å². The molecule has 0 saturated heterocycles. The van der Waals surface area contributed by atoms with Crippen molar-refractivity contribution in [2.45, 2.75) is 39.5 Å². The molecule has 1 aromatic rings. The quantitative estimate of drug-likeness (QED) is 0.579. The van der Waals surface area contributed by atoms with Crippen molar-refractivity contribution in [2.75, 3.05) is 11.9 Å². The first kappa shape index (κ1) is 13.6. The molecule has 0 aliphatic heterocycles. The number of hydrogen-bond donors (Lipinski definition) is 1. The van der Waals surface area contributed by atoms with Gasteiger partial charge in [0.2, 0.25) is 0 Å². The van der Waals surface area contributed by atoms with E-state index >= 15 is 0 Å². The Labute approximate surface area is 103 Å². The first-order valence-corrected chi connectivity index (χ1v) is 6.31. The highest BCUT2D eigenvalue weighted by atomic mass is 16.5. The zero-order valence-corrected chi connectivity index (χ0v) is 10.7. The Bertz CT molecular complexity index is 350. The molecular formula is C14H21NO2. The van der Waals surface area contributed by atoms with Crippen LogP contribution in [0.2, 0.25) is 0 Å². The Kier molecular flexibility index (Phi) is 6.15. The lowest BCUT2D eigenvalue weighted by Gasteiger charge is -2.07. The van der Waals surface area contributed by atoms with Crippen molar-refractivity contribution >= 4 is 11.7 Å². The van der Waals surface area contributed by atoms with Crippen molar-refractivity contribution < 1.29 is 9.53 Å². The maximum atomic E-state index is 11.5. The normalized spacial score (nSPS) is 10.0. The Morgan fingerprint density at radius 3 is 2.82 bits per heavy atom. The van der Waals surface area contributed by atoms with Gasteiger partial charge in [0.25, 0.3) is 0 Å². The Morgan fingerprint density at radius 2 is 2.12 bits per heavy atom. The number of rotatable bonds is 7. The van der Waals surface area contributed by atoms with Gasteiger partial charge in [0.15, 0.2) is 0 Å². The first-order valence-electron chi connectivity index (χ1n) is 6.31. The van der Waals surface area contributed by atoms with Crippen LogP contribution in [0.4, 0.5) is 5.69 Å². The largest absolute Gasteiger partial charge is 0.426 e. The van der Waals surface area contributed by atoms with Gasteiger partial charge in [-0.1, -0.05) is 26.3 Å². The molecule has 94 valence electrons. The lowest BCUT2D eigenvalue weighted by atomic mass is 10.2. The van der Waals surface area contributed by atoms with Crippen LogP contribution in [0.3, 0.4) is 0 Å². The third kappa shape index (κ3) is 5.38. The standard InChI is InChI=1S/C14H21NO2/c1-3-5-9-14(16)17-13-8-6-7-12(11-13)15-10-4-2/h6-8,11,15H,3-5,9-10H2,1-2H3. The Hall–Kier alpha value is -1.51. The highest BCUT2D eigenvalue weighted by Crippen LogP contribution is 2.18. The van der Waals surface area contributed by atoms with Crippen LogP contribution in [-0.2, 0) is 4.79 Å². The lowest BCUT2D eigenvalue weighted by Crippen LogP contribution is -2.07. The second-order valence-corrected chi connectivity index (χ2v) is 4.03. The van der Waals surface area contributed by atoms with E-state index in [0.717, 1.165) is 31.5 Å². The number of benzene rings is 1. The van der Waals surface area contributed by atoms with Crippen LogP contribution in [0.5, 0.6) is 5.75 Å². The predicted molar refractivity (Wildman–Crippen MR) is 70.4 cm³/mol. The molecule has 0 heterocycles. The number of hydrogen-bond acceptors (Lipinski definition) is 3. The van der Waals surface area contributed by atoms with Gasteiger partial charge in [-0.3, -0.25) is 4.79 Å². The summed E-state index contributed by atoms with van der Waals surface area (Å²) in [6, 6.07) is 7.53. The fourth-order valence-electron chi connectivity index (χ4n) is 1.44. The molecule has 0 saturated carbocycles. The molecular weight excluding hydrogens is 214 g/mol. The number of esters is 1. The summed E-state index contributed by atoms with van der Waals surface area (Å²) in [6.45, 7) is 5.09. The SMILES string of the molecule is CCCCC(=O)Oc1cccc(NCCC)c1. The number of unbranched alkanes of at least 4 members (excludes halogenated alkanes) is 1. The number of ether oxygens (including phenoxy) is 1. The molecule has 0 atom stereocenters. The number of nitrogens with one attached hydrogen (secondary N) is 1. The molecule has 0 fully saturated rings. The van der Waals surface area contributed by atoms with E-state index in [2.05, 4.69) is 19.2 Å². The molecule has 1 N–H and O–H groups in total. The minimum Gasteiger partial charge on any atom is -0.426 e. The van der Waals surface area contributed by atoms with E-state index in [9.17, 15) is 4.79 Å². The molecule has 0 aliphatic rings. The Balaban J connectivity index is 2.50. The molecule has 3 nitrogen and oxygen atoms in total. The van der Waals surface area contributed by atoms with Gasteiger partial charge in [-0.2, -0.15) is 0 Å². The van der Waals surface area contributed by atoms with Gasteiger partial charge in [0.05, 0.1) is 0 Å². The van der Waals surface area contributed by atoms with Gasteiger partial charge >= 0.3 is 5.97 Å². The number of carbonyl (C=O) groups is 1. The number of anilines is 1. The van der Waals surface area contributed by atoms with Gasteiger partial charge in [-0.25, -0.2) is 0 Å². The van der Waals surface area contributed by atoms with Crippen LogP contribution in [0, 0.1) is 0 Å². The molecule has 0 spiro atoms. The van der Waals surface area contributed by atoms with Crippen molar-refractivity contribution in [3.8, 4) is 5.75 Å². The summed E-state index contributed by atoms with van der Waals surface area (Å²) in [5, 5.41) is 3.26. The zero-order valence-electron chi connectivity index (χ0n) is 10.7. The molecule has 17 heavy (non-hydrogen) atoms. The topological polar surface area (TPSA) is 38.3 Å². The average Bonchev–Trinajstić information content (AvgIpc) is 2.34. The monoisotopic (exact) mass is 235 g/mol. The smallest absolute Gasteiger partial charge is 0.311 e. The summed E-state index contributed by atoms with van der Waals surface area (Å²) in [4.78, 5) is 11.5. The van der Waals surface area contributed by atoms with Crippen LogP contribution in [0.15, 0.2) is 24.3 Å². The summed E-state index contributed by atoms with van der Waals surface area (Å²) in [5.74, 6) is 0.465. The summed E-state index contributed by atoms with van der Waals surface area (Å²) in [7, 11) is 0. The van der Waals surface area contributed by atoms with Gasteiger partial charge in [0.1, 0.15) is 5.75 Å². The molecule has 1 aromatic carbocycles. The summed E-state index contributed by atoms with van der Waals surface area (Å²) >= 11 is 0. The minimum absolute atomic E-state index is 0.153. The fourth-order valence-corrected chi connectivity index (χ4v) is 1.44. The van der Waals surface area contributed by atoms with Crippen molar-refractivity contribution in [3.63, 3.8) is 0 Å². The minimum atomic E-state index is -0.153. The molecule has 3 heteroatoms. The van der Waals surface area contributed by atoms with Crippen LogP contribution < -0.4 is 10.1 Å². The highest BCUT2D eigenvalue weighted by Gasteiger charge is 2.04. The summed E-state index contributed by atoms with van der Waals surface area (Å²) < 4.78 is 5.26. The molecule has 0 amide bonds. The molecule has 1 rings (SSSR count). The predicted octanol–water partition coefficient (Wildman–Crippen LogP) is 3.60. The second kappa shape index (κ2) is 7.71. The van der Waals surface area contributed by atoms with E-state index in [1.54, 1.807) is 6.07 Å². The van der Waals surface area contributed by atoms with Crippen molar-refractivity contribution in [2.24, 2.45) is 0 Å². The van der Waals surface area contributed by atoms with E-state index in [-0.39, 0.29) is 5.97 Å². The van der Waals surface area contributed by atoms with Gasteiger partial charge in [-0.05, 0) is 25.0 Å². The van der Waals surface area contributed by atoms with Gasteiger partial charge < -0.3 is 10.1 Å². The molecule has 0 radical (unpaired) electrons. The third-order valence-electron chi connectivity index (χ3n) is 2.38. The first-order chi connectivity index (χ1) is 8.26. The van der Waals surface area contributed by atoms with Crippen LogP contribution >= 0.6 is 0 Å². The summed E-state index contributed by atoms with van der Waals surface area (Å²) in [6.07, 6.45) is 3.45. The van der Waals surface area contributed by atoms with E-state index in [0.29, 0.717) is 12.2 Å². The third-order valence-corrected chi connectivity index (χ3v) is 2.38. The molecule has 0 aromatic heterocycles. The fraction of sp³-hybridized carbons (Fsp3) is 0.500. The van der Waals surface area contributed by atoms with Crippen molar-refractivity contribution in [3.05, 3.63) is 24.3 Å². The lowest BCUT2D eigenvalue weighted by molar-refractivity contribution is -0.134. The Morgan fingerprint density at radius 1 is 1.29 bits per heavy atom. The van der Waals surface area contributed by atoms with E-state index in [1.165, 1.54) is 0 Å². The van der Waals surface area contributed by atoms with Gasteiger partial charge in [-0.15, -0.1) is 0 Å². The van der Waals surface area contributed by atoms with Crippen LogP contribution in [-0.4, -0.2) is 12.5 Å². The van der Waals surface area contributed by atoms with Crippen LogP contribution in [0.1, 0.15) is 39.5 Å². The number of carbonyl (C=O) groups excluding carboxylic acids is 1. The van der Waals surface area contributed by atoms with E-state index in [1.807, 2.05) is 18.2 Å². The van der Waals surface area contributed by atoms with Crippen LogP contribution in [0.25, 0.3) is 0 Å². The maximum Gasteiger partial charge on any atom is 0.311 e.